The Morgan fingerprint density at radius 1 is 1.30 bits per heavy atom. The number of ketones is 1. The highest BCUT2D eigenvalue weighted by atomic mass is 16.5. The third-order valence-electron chi connectivity index (χ3n) is 3.84. The topological polar surface area (TPSA) is 90.0 Å². The molecule has 0 aromatic rings. The molecular formula is C13H15NO6. The smallest absolute Gasteiger partial charge is 0.416 e. The Morgan fingerprint density at radius 3 is 2.60 bits per heavy atom. The third kappa shape index (κ3) is 1.90. The number of imide groups is 1. The van der Waals surface area contributed by atoms with Crippen molar-refractivity contribution in [3.63, 3.8) is 0 Å². The highest BCUT2D eigenvalue weighted by Crippen LogP contribution is 2.44. The zero-order valence-corrected chi connectivity index (χ0v) is 11.3. The van der Waals surface area contributed by atoms with Crippen LogP contribution in [0.2, 0.25) is 0 Å². The number of methoxy groups -OCH3 is 2. The number of nitrogens with zero attached hydrogens (tertiary/aromatic N) is 1. The van der Waals surface area contributed by atoms with E-state index in [-0.39, 0.29) is 18.7 Å². The van der Waals surface area contributed by atoms with Crippen LogP contribution in [0.4, 0.5) is 4.79 Å². The van der Waals surface area contributed by atoms with Crippen LogP contribution in [0, 0.1) is 11.3 Å². The number of allylic oxidation sites excluding steroid dienone is 1. The fraction of sp³-hybridized carbons (Fsp3) is 0.538. The van der Waals surface area contributed by atoms with E-state index in [0.29, 0.717) is 6.42 Å². The molecule has 1 fully saturated rings. The number of likely N-dealkylation sites (tertiary alicyclic amines) is 1. The summed E-state index contributed by atoms with van der Waals surface area (Å²) in [5.74, 6) is -2.09. The Balaban J connectivity index is 2.48. The number of hydrogen-bond donors (Lipinski definition) is 0. The molecule has 2 aliphatic rings. The summed E-state index contributed by atoms with van der Waals surface area (Å²) < 4.78 is 9.26. The number of ether oxygens (including phenoxy) is 2. The van der Waals surface area contributed by atoms with Gasteiger partial charge in [0.1, 0.15) is 0 Å². The lowest BCUT2D eigenvalue weighted by Crippen LogP contribution is -2.59. The van der Waals surface area contributed by atoms with Crippen molar-refractivity contribution in [3.8, 4) is 0 Å². The first-order valence-corrected chi connectivity index (χ1v) is 6.17. The molecule has 2 amide bonds. The highest BCUT2D eigenvalue weighted by Gasteiger charge is 2.58. The predicted octanol–water partition coefficient (Wildman–Crippen LogP) is 0.290. The molecule has 1 saturated heterocycles. The van der Waals surface area contributed by atoms with Crippen LogP contribution in [0.5, 0.6) is 0 Å². The molecule has 0 radical (unpaired) electrons. The van der Waals surface area contributed by atoms with Gasteiger partial charge in [-0.1, -0.05) is 6.08 Å². The molecule has 108 valence electrons. The number of carbonyl (C=O) groups is 4. The molecule has 7 nitrogen and oxygen atoms in total. The van der Waals surface area contributed by atoms with Crippen LogP contribution in [0.1, 0.15) is 12.8 Å². The molecule has 0 N–H and O–H groups in total. The zero-order valence-electron chi connectivity index (χ0n) is 11.3. The molecule has 0 spiro atoms. The fourth-order valence-corrected chi connectivity index (χ4v) is 2.79. The van der Waals surface area contributed by atoms with E-state index in [1.807, 2.05) is 0 Å². The van der Waals surface area contributed by atoms with Crippen LogP contribution in [0.3, 0.4) is 0 Å². The lowest BCUT2D eigenvalue weighted by molar-refractivity contribution is -0.166. The quantitative estimate of drug-likeness (QED) is 0.507. The normalized spacial score (nSPS) is 28.9. The summed E-state index contributed by atoms with van der Waals surface area (Å²) >= 11 is 0. The summed E-state index contributed by atoms with van der Waals surface area (Å²) in [6.45, 7) is 0.121. The van der Waals surface area contributed by atoms with Crippen molar-refractivity contribution in [2.45, 2.75) is 12.8 Å². The van der Waals surface area contributed by atoms with E-state index in [1.54, 1.807) is 0 Å². The molecule has 0 aromatic heterocycles. The number of piperidine rings is 1. The van der Waals surface area contributed by atoms with Gasteiger partial charge in [-0.05, 0) is 18.4 Å². The van der Waals surface area contributed by atoms with Crippen LogP contribution in [-0.2, 0) is 23.9 Å². The fourth-order valence-electron chi connectivity index (χ4n) is 2.79. The maximum Gasteiger partial charge on any atom is 0.416 e. The van der Waals surface area contributed by atoms with E-state index in [2.05, 4.69) is 4.74 Å². The predicted molar refractivity (Wildman–Crippen MR) is 65.4 cm³/mol. The summed E-state index contributed by atoms with van der Waals surface area (Å²) in [5.41, 5.74) is -1.60. The van der Waals surface area contributed by atoms with E-state index >= 15 is 0 Å². The van der Waals surface area contributed by atoms with Gasteiger partial charge in [0.25, 0.3) is 5.91 Å². The SMILES string of the molecule is COC(=O)N1CC[C@H]2CC(=O)C=C[C@@]2(C(=O)OC)C1=O. The Hall–Kier alpha value is -2.18. The Labute approximate surface area is 115 Å². The minimum absolute atomic E-state index is 0.0896. The van der Waals surface area contributed by atoms with Gasteiger partial charge in [0.2, 0.25) is 0 Å². The van der Waals surface area contributed by atoms with Crippen LogP contribution in [-0.4, -0.2) is 49.4 Å². The lowest BCUT2D eigenvalue weighted by Gasteiger charge is -2.43. The number of amides is 2. The first-order valence-electron chi connectivity index (χ1n) is 6.17. The minimum atomic E-state index is -1.60. The van der Waals surface area contributed by atoms with Crippen molar-refractivity contribution < 1.29 is 28.7 Å². The van der Waals surface area contributed by atoms with Gasteiger partial charge in [0.05, 0.1) is 14.2 Å². The van der Waals surface area contributed by atoms with Crippen molar-refractivity contribution in [1.29, 1.82) is 0 Å². The Bertz CT molecular complexity index is 511. The van der Waals surface area contributed by atoms with Gasteiger partial charge >= 0.3 is 12.1 Å². The second-order valence-electron chi connectivity index (χ2n) is 4.78. The van der Waals surface area contributed by atoms with E-state index in [4.69, 9.17) is 4.74 Å². The summed E-state index contributed by atoms with van der Waals surface area (Å²) in [4.78, 5) is 48.6. The monoisotopic (exact) mass is 281 g/mol. The molecule has 2 rings (SSSR count). The minimum Gasteiger partial charge on any atom is -0.468 e. The van der Waals surface area contributed by atoms with E-state index in [0.717, 1.165) is 12.0 Å². The molecule has 1 heterocycles. The molecule has 1 aliphatic carbocycles. The van der Waals surface area contributed by atoms with Gasteiger partial charge in [-0.15, -0.1) is 0 Å². The molecule has 2 atom stereocenters. The maximum atomic E-state index is 12.6. The zero-order chi connectivity index (χ0) is 14.9. The number of carbonyl (C=O) groups excluding carboxylic acids is 4. The van der Waals surface area contributed by atoms with Gasteiger partial charge < -0.3 is 9.47 Å². The summed E-state index contributed by atoms with van der Waals surface area (Å²) in [6, 6.07) is 0. The first kappa shape index (κ1) is 14.2. The van der Waals surface area contributed by atoms with Crippen molar-refractivity contribution in [1.82, 2.24) is 4.90 Å². The van der Waals surface area contributed by atoms with Gasteiger partial charge in [-0.25, -0.2) is 9.69 Å². The molecule has 7 heteroatoms. The van der Waals surface area contributed by atoms with Crippen molar-refractivity contribution in [2.75, 3.05) is 20.8 Å². The average Bonchev–Trinajstić information content (AvgIpc) is 2.46. The van der Waals surface area contributed by atoms with Crippen LogP contribution >= 0.6 is 0 Å². The molecule has 0 aromatic carbocycles. The van der Waals surface area contributed by atoms with E-state index in [9.17, 15) is 19.2 Å². The lowest BCUT2D eigenvalue weighted by atomic mass is 9.65. The summed E-state index contributed by atoms with van der Waals surface area (Å²) in [5, 5.41) is 0. The van der Waals surface area contributed by atoms with E-state index in [1.165, 1.54) is 19.3 Å². The van der Waals surface area contributed by atoms with Crippen LogP contribution < -0.4 is 0 Å². The summed E-state index contributed by atoms with van der Waals surface area (Å²) in [6.07, 6.45) is 2.08. The standard InChI is InChI=1S/C13H15NO6/c1-19-11(17)13-5-3-9(15)7-8(13)4-6-14(10(13)16)12(18)20-2/h3,5,8H,4,6-7H2,1-2H3/t8-,13-/m0/s1. The number of rotatable bonds is 1. The maximum absolute atomic E-state index is 12.6. The molecular weight excluding hydrogens is 266 g/mol. The van der Waals surface area contributed by atoms with Gasteiger partial charge in [-0.2, -0.15) is 0 Å². The van der Waals surface area contributed by atoms with Gasteiger partial charge in [-0.3, -0.25) is 14.4 Å². The van der Waals surface area contributed by atoms with Crippen molar-refractivity contribution >= 4 is 23.8 Å². The number of hydrogen-bond acceptors (Lipinski definition) is 6. The van der Waals surface area contributed by atoms with Gasteiger partial charge in [0, 0.05) is 13.0 Å². The molecule has 1 aliphatic heterocycles. The molecule has 0 unspecified atom stereocenters. The first-order chi connectivity index (χ1) is 9.47. The van der Waals surface area contributed by atoms with Gasteiger partial charge in [0.15, 0.2) is 11.2 Å². The average molecular weight is 281 g/mol. The second-order valence-corrected chi connectivity index (χ2v) is 4.78. The molecule has 20 heavy (non-hydrogen) atoms. The van der Waals surface area contributed by atoms with E-state index < -0.39 is 29.3 Å². The van der Waals surface area contributed by atoms with Crippen molar-refractivity contribution in [2.24, 2.45) is 11.3 Å². The second kappa shape index (κ2) is 5.07. The Morgan fingerprint density at radius 2 is 2.00 bits per heavy atom. The Kier molecular flexibility index (Phi) is 3.61. The van der Waals surface area contributed by atoms with Crippen LogP contribution in [0.25, 0.3) is 0 Å². The highest BCUT2D eigenvalue weighted by molar-refractivity contribution is 6.12. The summed E-state index contributed by atoms with van der Waals surface area (Å²) in [7, 11) is 2.33. The molecule has 0 bridgehead atoms. The number of fused-ring (bicyclic) bond motifs is 1. The largest absolute Gasteiger partial charge is 0.468 e. The van der Waals surface area contributed by atoms with Crippen molar-refractivity contribution in [3.05, 3.63) is 12.2 Å². The molecule has 0 saturated carbocycles. The third-order valence-corrected chi connectivity index (χ3v) is 3.84. The van der Waals surface area contributed by atoms with Crippen LogP contribution in [0.15, 0.2) is 12.2 Å². The number of esters is 1.